The maximum Gasteiger partial charge on any atom is 0.110 e. The molecule has 1 fully saturated rings. The summed E-state index contributed by atoms with van der Waals surface area (Å²) in [6.07, 6.45) is 7.73. The van der Waals surface area contributed by atoms with Crippen LogP contribution in [0.15, 0.2) is 48.9 Å². The first-order chi connectivity index (χ1) is 18.7. The lowest BCUT2D eigenvalue weighted by molar-refractivity contribution is 0.443. The quantitative estimate of drug-likeness (QED) is 0.252. The van der Waals surface area contributed by atoms with Crippen molar-refractivity contribution in [2.45, 2.75) is 45.7 Å². The van der Waals surface area contributed by atoms with Gasteiger partial charge in [0, 0.05) is 36.2 Å². The molecule has 1 aliphatic carbocycles. The van der Waals surface area contributed by atoms with Gasteiger partial charge in [-0.1, -0.05) is 49.7 Å². The second-order valence-electron chi connectivity index (χ2n) is 11.4. The summed E-state index contributed by atoms with van der Waals surface area (Å²) in [4.78, 5) is 4.51. The molecule has 3 heterocycles. The lowest BCUT2D eigenvalue weighted by Gasteiger charge is -2.22. The van der Waals surface area contributed by atoms with Crippen LogP contribution >= 0.6 is 11.6 Å². The Morgan fingerprint density at radius 2 is 2.00 bits per heavy atom. The van der Waals surface area contributed by atoms with E-state index in [1.807, 2.05) is 47.0 Å². The van der Waals surface area contributed by atoms with E-state index >= 15 is 0 Å². The van der Waals surface area contributed by atoms with Gasteiger partial charge in [0.2, 0.25) is 0 Å². The highest BCUT2D eigenvalue weighted by atomic mass is 35.5. The minimum atomic E-state index is -0.308. The van der Waals surface area contributed by atoms with E-state index in [0.29, 0.717) is 28.7 Å². The molecule has 0 bridgehead atoms. The molecule has 198 valence electrons. The van der Waals surface area contributed by atoms with Gasteiger partial charge < -0.3 is 10.6 Å². The largest absolute Gasteiger partial charge is 0.383 e. The maximum absolute atomic E-state index is 9.84. The number of aromatic nitrogens is 6. The average Bonchev–Trinajstić information content (AvgIpc) is 3.52. The third-order valence-electron chi connectivity index (χ3n) is 7.03. The Balaban J connectivity index is 1.47. The normalized spacial score (nSPS) is 14.5. The monoisotopic (exact) mass is 539 g/mol. The number of pyridine rings is 1. The van der Waals surface area contributed by atoms with Gasteiger partial charge in [0.1, 0.15) is 11.8 Å². The van der Waals surface area contributed by atoms with Crippen molar-refractivity contribution in [3.63, 3.8) is 0 Å². The Morgan fingerprint density at radius 1 is 1.18 bits per heavy atom. The van der Waals surface area contributed by atoms with Crippen molar-refractivity contribution in [3.05, 3.63) is 70.8 Å². The number of aryl methyl sites for hydroxylation is 1. The van der Waals surface area contributed by atoms with Crippen LogP contribution in [0.25, 0.3) is 21.8 Å². The fraction of sp³-hybridized carbons (Fsp3) is 0.345. The lowest BCUT2D eigenvalue weighted by Crippen LogP contribution is -2.20. The van der Waals surface area contributed by atoms with Crippen molar-refractivity contribution in [1.29, 1.82) is 5.26 Å². The Hall–Kier alpha value is -4.16. The van der Waals surface area contributed by atoms with E-state index in [2.05, 4.69) is 70.0 Å². The van der Waals surface area contributed by atoms with Gasteiger partial charge in [-0.3, -0.25) is 9.67 Å². The molecule has 1 unspecified atom stereocenters. The summed E-state index contributed by atoms with van der Waals surface area (Å²) in [6.45, 7) is 7.13. The molecule has 9 nitrogen and oxygen atoms in total. The number of benzene rings is 2. The van der Waals surface area contributed by atoms with E-state index in [4.69, 9.17) is 11.6 Å². The van der Waals surface area contributed by atoms with Crippen molar-refractivity contribution >= 4 is 44.8 Å². The van der Waals surface area contributed by atoms with Gasteiger partial charge >= 0.3 is 0 Å². The molecule has 0 saturated heterocycles. The molecule has 6 rings (SSSR count). The van der Waals surface area contributed by atoms with Gasteiger partial charge in [-0.05, 0) is 42.0 Å². The van der Waals surface area contributed by atoms with Crippen LogP contribution in [0.2, 0.25) is 5.02 Å². The van der Waals surface area contributed by atoms with Crippen molar-refractivity contribution in [3.8, 4) is 6.07 Å². The maximum atomic E-state index is 9.84. The number of hydrogen-bond acceptors (Lipinski definition) is 7. The summed E-state index contributed by atoms with van der Waals surface area (Å²) < 4.78 is 3.82. The van der Waals surface area contributed by atoms with Crippen LogP contribution in [0, 0.1) is 16.7 Å². The van der Waals surface area contributed by atoms with E-state index in [1.54, 1.807) is 6.20 Å². The summed E-state index contributed by atoms with van der Waals surface area (Å²) in [6, 6.07) is 12.4. The fourth-order valence-electron chi connectivity index (χ4n) is 4.84. The van der Waals surface area contributed by atoms with E-state index in [1.165, 1.54) is 0 Å². The zero-order chi connectivity index (χ0) is 27.3. The van der Waals surface area contributed by atoms with Crippen molar-refractivity contribution in [1.82, 2.24) is 29.8 Å². The summed E-state index contributed by atoms with van der Waals surface area (Å²) in [7, 11) is 1.94. The van der Waals surface area contributed by atoms with Crippen LogP contribution in [0.4, 0.5) is 11.4 Å². The molecule has 2 aromatic carbocycles. The molecule has 0 amide bonds. The number of nitrogens with zero attached hydrogens (tertiary/aromatic N) is 7. The number of anilines is 2. The van der Waals surface area contributed by atoms with Crippen LogP contribution in [-0.2, 0) is 7.05 Å². The molecule has 39 heavy (non-hydrogen) atoms. The minimum Gasteiger partial charge on any atom is -0.383 e. The average molecular weight is 540 g/mol. The van der Waals surface area contributed by atoms with Gasteiger partial charge in [-0.25, -0.2) is 4.68 Å². The first-order valence-corrected chi connectivity index (χ1v) is 13.4. The van der Waals surface area contributed by atoms with Crippen LogP contribution in [-0.4, -0.2) is 36.3 Å². The van der Waals surface area contributed by atoms with Crippen molar-refractivity contribution in [2.24, 2.45) is 12.5 Å². The smallest absolute Gasteiger partial charge is 0.110 e. The zero-order valence-electron chi connectivity index (χ0n) is 22.4. The highest BCUT2D eigenvalue weighted by molar-refractivity contribution is 6.35. The number of nitrogens with one attached hydrogen (secondary N) is 2. The molecular weight excluding hydrogens is 510 g/mol. The first-order valence-electron chi connectivity index (χ1n) is 13.1. The van der Waals surface area contributed by atoms with Crippen molar-refractivity contribution < 1.29 is 0 Å². The van der Waals surface area contributed by atoms with E-state index in [-0.39, 0.29) is 11.5 Å². The molecular formula is C29H30ClN9. The van der Waals surface area contributed by atoms with E-state index < -0.39 is 0 Å². The topological polar surface area (TPSA) is 109 Å². The second kappa shape index (κ2) is 9.54. The first kappa shape index (κ1) is 25.1. The summed E-state index contributed by atoms with van der Waals surface area (Å²) in [5, 5.41) is 32.8. The summed E-state index contributed by atoms with van der Waals surface area (Å²) in [5.74, 6) is 0. The van der Waals surface area contributed by atoms with E-state index in [0.717, 1.165) is 51.8 Å². The number of rotatable bonds is 7. The van der Waals surface area contributed by atoms with Gasteiger partial charge in [0.05, 0.1) is 51.8 Å². The molecule has 2 N–H and O–H groups in total. The molecule has 3 aromatic heterocycles. The molecule has 5 aromatic rings. The second-order valence-corrected chi connectivity index (χ2v) is 11.8. The summed E-state index contributed by atoms with van der Waals surface area (Å²) >= 11 is 6.79. The molecule has 0 aliphatic heterocycles. The molecule has 1 saturated carbocycles. The van der Waals surface area contributed by atoms with Gasteiger partial charge in [0.15, 0.2) is 0 Å². The van der Waals surface area contributed by atoms with Crippen LogP contribution in [0.3, 0.4) is 0 Å². The molecule has 1 aliphatic rings. The van der Waals surface area contributed by atoms with E-state index in [9.17, 15) is 5.26 Å². The molecule has 1 atom stereocenters. The van der Waals surface area contributed by atoms with Gasteiger partial charge in [-0.2, -0.15) is 10.4 Å². The number of hydrogen-bond donors (Lipinski definition) is 2. The predicted octanol–water partition coefficient (Wildman–Crippen LogP) is 6.23. The Labute approximate surface area is 231 Å². The van der Waals surface area contributed by atoms with Crippen molar-refractivity contribution in [2.75, 3.05) is 17.2 Å². The van der Waals surface area contributed by atoms with Crippen LogP contribution < -0.4 is 10.6 Å². The SMILES string of the molecule is Cn1ncc2c(C(Nc3cc(Cl)c4ncc(C#N)c(NCC(C)(C)C)c4c3)c3cn(C4CC4)nn3)cccc21. The lowest BCUT2D eigenvalue weighted by atomic mass is 9.96. The standard InChI is InChI=1S/C29H30ClN9/c1-29(2,3)16-33-26-17(12-31)13-32-27-21(26)10-18(11-23(27)30)35-28(24-15-39(37-36-24)19-8-9-19)20-6-5-7-25-22(20)14-34-38(25)4/h5-7,10-11,13-15,19,28,35H,8-9,16H2,1-4H3,(H,32,33). The molecule has 0 spiro atoms. The van der Waals surface area contributed by atoms with Gasteiger partial charge in [0.25, 0.3) is 0 Å². The number of nitriles is 1. The fourth-order valence-corrected chi connectivity index (χ4v) is 5.11. The van der Waals surface area contributed by atoms with Crippen LogP contribution in [0.5, 0.6) is 0 Å². The zero-order valence-corrected chi connectivity index (χ0v) is 23.2. The predicted molar refractivity (Wildman–Crippen MR) is 154 cm³/mol. The Bertz CT molecular complexity index is 1730. The number of halogens is 1. The van der Waals surface area contributed by atoms with Crippen LogP contribution in [0.1, 0.15) is 62.5 Å². The highest BCUT2D eigenvalue weighted by Gasteiger charge is 2.28. The molecule has 10 heteroatoms. The Kier molecular flexibility index (Phi) is 6.15. The third-order valence-corrected chi connectivity index (χ3v) is 7.32. The summed E-state index contributed by atoms with van der Waals surface area (Å²) in [5.41, 5.74) is 5.53. The highest BCUT2D eigenvalue weighted by Crippen LogP contribution is 2.38. The van der Waals surface area contributed by atoms with Gasteiger partial charge in [-0.15, -0.1) is 5.10 Å². The third kappa shape index (κ3) is 4.88. The molecule has 0 radical (unpaired) electrons. The number of fused-ring (bicyclic) bond motifs is 2. The minimum absolute atomic E-state index is 0.0167. The Morgan fingerprint density at radius 3 is 2.74 bits per heavy atom.